The van der Waals surface area contributed by atoms with Gasteiger partial charge in [0.25, 0.3) is 0 Å². The Labute approximate surface area is 253 Å². The molecule has 0 saturated heterocycles. The Kier molecular flexibility index (Phi) is 10.4. The van der Waals surface area contributed by atoms with Crippen LogP contribution in [-0.2, 0) is 25.8 Å². The van der Waals surface area contributed by atoms with Crippen LogP contribution in [0.5, 0.6) is 0 Å². The maximum Gasteiger partial charge on any atom is 0.417 e. The molecule has 12 heteroatoms. The monoisotopic (exact) mass is 629 g/mol. The second-order valence-electron chi connectivity index (χ2n) is 13.7. The molecule has 2 aliphatic rings. The van der Waals surface area contributed by atoms with E-state index < -0.39 is 55.5 Å². The minimum absolute atomic E-state index is 0.137. The lowest BCUT2D eigenvalue weighted by molar-refractivity contribution is -0.147. The average Bonchev–Trinajstić information content (AvgIpc) is 3.11. The second kappa shape index (κ2) is 12.8. The number of aliphatic carboxylic acids is 1. The molecule has 1 heterocycles. The number of carboxylic acid groups (broad SMARTS) is 1. The summed E-state index contributed by atoms with van der Waals surface area (Å²) in [5, 5.41) is 12.3. The number of nitrogens with one attached hydrogen (secondary N) is 2. The summed E-state index contributed by atoms with van der Waals surface area (Å²) in [6.07, 6.45) is 1.12. The van der Waals surface area contributed by atoms with Crippen molar-refractivity contribution in [1.29, 1.82) is 0 Å². The van der Waals surface area contributed by atoms with E-state index in [0.29, 0.717) is 12.3 Å². The molecule has 1 saturated carbocycles. The van der Waals surface area contributed by atoms with E-state index in [9.17, 15) is 36.3 Å². The molecule has 1 fully saturated rings. The highest BCUT2D eigenvalue weighted by Gasteiger charge is 2.44. The first-order valence-electron chi connectivity index (χ1n) is 14.9. The smallest absolute Gasteiger partial charge is 0.417 e. The third kappa shape index (κ3) is 8.32. The van der Waals surface area contributed by atoms with Gasteiger partial charge in [0.1, 0.15) is 0 Å². The zero-order valence-electron chi connectivity index (χ0n) is 26.2. The highest BCUT2D eigenvalue weighted by atomic mass is 32.2. The van der Waals surface area contributed by atoms with Crippen LogP contribution in [0, 0.1) is 17.3 Å². The van der Waals surface area contributed by atoms with Crippen molar-refractivity contribution >= 4 is 27.6 Å². The molecule has 3 N–H and O–H groups in total. The lowest BCUT2D eigenvalue weighted by Gasteiger charge is -2.33. The molecule has 0 radical (unpaired) electrons. The highest BCUT2D eigenvalue weighted by molar-refractivity contribution is 7.89. The molecule has 1 aliphatic heterocycles. The zero-order valence-corrected chi connectivity index (χ0v) is 27.0. The molecule has 1 aliphatic carbocycles. The number of carbonyl (C=O) groups is 2. The summed E-state index contributed by atoms with van der Waals surface area (Å²) in [7, 11) is -4.49. The molecule has 1 aromatic rings. The van der Waals surface area contributed by atoms with Crippen molar-refractivity contribution in [1.82, 2.24) is 10.0 Å². The number of hydrogen-bond donors (Lipinski definition) is 3. The molecular weight excluding hydrogens is 583 g/mol. The van der Waals surface area contributed by atoms with Crippen LogP contribution in [0.4, 0.5) is 18.9 Å². The Hall–Kier alpha value is -2.60. The number of nitrogens with zero attached hydrogens (tertiary/aromatic N) is 1. The van der Waals surface area contributed by atoms with Gasteiger partial charge in [-0.1, -0.05) is 32.1 Å². The Balaban J connectivity index is 2.04. The number of amides is 1. The molecule has 1 aromatic carbocycles. The normalized spacial score (nSPS) is 20.9. The molecule has 0 spiro atoms. The third-order valence-electron chi connectivity index (χ3n) is 8.50. The van der Waals surface area contributed by atoms with Gasteiger partial charge in [0.2, 0.25) is 15.9 Å². The minimum atomic E-state index is -4.95. The zero-order chi connectivity index (χ0) is 32.5. The molecule has 0 aromatic heterocycles. The van der Waals surface area contributed by atoms with Crippen molar-refractivity contribution in [2.24, 2.45) is 17.3 Å². The van der Waals surface area contributed by atoms with Crippen molar-refractivity contribution in [3.8, 4) is 0 Å². The third-order valence-corrected chi connectivity index (χ3v) is 10.3. The minimum Gasteiger partial charge on any atom is -0.481 e. The maximum atomic E-state index is 14.4. The van der Waals surface area contributed by atoms with Crippen LogP contribution in [0.3, 0.4) is 0 Å². The standard InChI is InChI=1S/C31H46F3N3O5S/c1-19-24(17-21-11-9-8-10-12-21)37(20(2)26(19)27(38)35-16-15-30(6,7)28(39)40)22-13-14-25(23(18-22)31(32,33)34)43(41,42)36-29(3,4)5/h13-14,18,20-21,26,36H,8-12,15-17H2,1-7H3,(H,35,38)(H,39,40). The summed E-state index contributed by atoms with van der Waals surface area (Å²) >= 11 is 0. The summed E-state index contributed by atoms with van der Waals surface area (Å²) in [6, 6.07) is 2.69. The van der Waals surface area contributed by atoms with Crippen LogP contribution in [-0.4, -0.2) is 43.5 Å². The Morgan fingerprint density at radius 1 is 1.05 bits per heavy atom. The van der Waals surface area contributed by atoms with Crippen molar-refractivity contribution < 1.29 is 36.3 Å². The molecule has 43 heavy (non-hydrogen) atoms. The molecule has 2 atom stereocenters. The first kappa shape index (κ1) is 34.9. The molecule has 3 rings (SSSR count). The predicted octanol–water partition coefficient (Wildman–Crippen LogP) is 6.47. The van der Waals surface area contributed by atoms with Gasteiger partial charge in [-0.2, -0.15) is 13.2 Å². The SMILES string of the molecule is CC1=C(CC2CCCCC2)N(c2ccc(S(=O)(=O)NC(C)(C)C)c(C(F)(F)F)c2)C(C)C1C(=O)NCCC(C)(C)C(=O)O. The lowest BCUT2D eigenvalue weighted by atomic mass is 9.85. The Morgan fingerprint density at radius 2 is 1.65 bits per heavy atom. The van der Waals surface area contributed by atoms with Gasteiger partial charge in [-0.3, -0.25) is 9.59 Å². The molecular formula is C31H46F3N3O5S. The van der Waals surface area contributed by atoms with Crippen LogP contribution in [0.1, 0.15) is 99.0 Å². The summed E-state index contributed by atoms with van der Waals surface area (Å²) < 4.78 is 71.5. The molecule has 242 valence electrons. The van der Waals surface area contributed by atoms with Gasteiger partial charge in [-0.05, 0) is 91.0 Å². The van der Waals surface area contributed by atoms with Crippen LogP contribution in [0.25, 0.3) is 0 Å². The van der Waals surface area contributed by atoms with E-state index in [1.54, 1.807) is 46.4 Å². The van der Waals surface area contributed by atoms with Crippen molar-refractivity contribution in [2.75, 3.05) is 11.4 Å². The van der Waals surface area contributed by atoms with Gasteiger partial charge in [0, 0.05) is 29.5 Å². The van der Waals surface area contributed by atoms with Gasteiger partial charge in [-0.15, -0.1) is 0 Å². The Bertz CT molecular complexity index is 1340. The predicted molar refractivity (Wildman–Crippen MR) is 160 cm³/mol. The van der Waals surface area contributed by atoms with E-state index in [-0.39, 0.29) is 24.6 Å². The number of rotatable bonds is 10. The van der Waals surface area contributed by atoms with Gasteiger partial charge >= 0.3 is 12.1 Å². The van der Waals surface area contributed by atoms with E-state index >= 15 is 0 Å². The molecule has 2 unspecified atom stereocenters. The number of carboxylic acids is 1. The lowest BCUT2D eigenvalue weighted by Crippen LogP contribution is -2.42. The van der Waals surface area contributed by atoms with Gasteiger partial charge in [-0.25, -0.2) is 13.1 Å². The van der Waals surface area contributed by atoms with E-state index in [1.165, 1.54) is 6.07 Å². The maximum absolute atomic E-state index is 14.4. The first-order chi connectivity index (χ1) is 19.7. The van der Waals surface area contributed by atoms with Gasteiger partial charge in [0.05, 0.1) is 21.8 Å². The quantitative estimate of drug-likeness (QED) is 0.273. The fourth-order valence-corrected chi connectivity index (χ4v) is 7.78. The van der Waals surface area contributed by atoms with E-state index in [1.807, 2.05) is 6.92 Å². The fraction of sp³-hybridized carbons (Fsp3) is 0.677. The van der Waals surface area contributed by atoms with E-state index in [0.717, 1.165) is 55.5 Å². The number of halogens is 3. The van der Waals surface area contributed by atoms with Crippen LogP contribution >= 0.6 is 0 Å². The van der Waals surface area contributed by atoms with E-state index in [2.05, 4.69) is 10.0 Å². The number of alkyl halides is 3. The van der Waals surface area contributed by atoms with Gasteiger partial charge in [0.15, 0.2) is 0 Å². The fourth-order valence-electron chi connectivity index (χ4n) is 6.15. The van der Waals surface area contributed by atoms with Crippen molar-refractivity contribution in [2.45, 2.75) is 116 Å². The van der Waals surface area contributed by atoms with Gasteiger partial charge < -0.3 is 15.3 Å². The first-order valence-corrected chi connectivity index (χ1v) is 16.4. The van der Waals surface area contributed by atoms with Crippen molar-refractivity contribution in [3.05, 3.63) is 35.0 Å². The van der Waals surface area contributed by atoms with Crippen LogP contribution < -0.4 is 14.9 Å². The van der Waals surface area contributed by atoms with Crippen LogP contribution in [0.2, 0.25) is 0 Å². The summed E-state index contributed by atoms with van der Waals surface area (Å²) in [5.41, 5.74) is -1.59. The number of hydrogen-bond acceptors (Lipinski definition) is 5. The number of allylic oxidation sites excluding steroid dienone is 1. The highest BCUT2D eigenvalue weighted by Crippen LogP contribution is 2.45. The second-order valence-corrected chi connectivity index (χ2v) is 15.3. The molecule has 8 nitrogen and oxygen atoms in total. The number of benzene rings is 1. The molecule has 0 bridgehead atoms. The molecule has 1 amide bonds. The topological polar surface area (TPSA) is 116 Å². The number of carbonyl (C=O) groups excluding carboxylic acids is 1. The average molecular weight is 630 g/mol. The van der Waals surface area contributed by atoms with Crippen LogP contribution in [0.15, 0.2) is 34.4 Å². The summed E-state index contributed by atoms with van der Waals surface area (Å²) in [5.74, 6) is -1.65. The largest absolute Gasteiger partial charge is 0.481 e. The van der Waals surface area contributed by atoms with Crippen molar-refractivity contribution in [3.63, 3.8) is 0 Å². The number of sulfonamides is 1. The van der Waals surface area contributed by atoms with E-state index in [4.69, 9.17) is 0 Å². The Morgan fingerprint density at radius 3 is 2.19 bits per heavy atom. The summed E-state index contributed by atoms with van der Waals surface area (Å²) in [6.45, 7) is 11.6. The number of anilines is 1. The summed E-state index contributed by atoms with van der Waals surface area (Å²) in [4.78, 5) is 25.9.